The molecule has 19 heavy (non-hydrogen) atoms. The van der Waals surface area contributed by atoms with E-state index in [-0.39, 0.29) is 17.2 Å². The number of amidine groups is 1. The van der Waals surface area contributed by atoms with Crippen molar-refractivity contribution in [3.05, 3.63) is 23.8 Å². The average molecular weight is 278 g/mol. The summed E-state index contributed by atoms with van der Waals surface area (Å²) in [5.41, 5.74) is 1.73. The van der Waals surface area contributed by atoms with Gasteiger partial charge in [-0.3, -0.25) is 15.1 Å². The van der Waals surface area contributed by atoms with Gasteiger partial charge >= 0.3 is 0 Å². The van der Waals surface area contributed by atoms with Crippen molar-refractivity contribution in [1.82, 2.24) is 0 Å². The van der Waals surface area contributed by atoms with Gasteiger partial charge in [0.05, 0.1) is 17.5 Å². The molecule has 0 saturated carbocycles. The number of hydrogen-bond donors (Lipinski definition) is 1. The summed E-state index contributed by atoms with van der Waals surface area (Å²) in [6.07, 6.45) is 0.981. The number of hydrogen-bond acceptors (Lipinski definition) is 4. The maximum atomic E-state index is 11.9. The van der Waals surface area contributed by atoms with Crippen molar-refractivity contribution >= 4 is 28.5 Å². The van der Waals surface area contributed by atoms with E-state index in [0.29, 0.717) is 17.2 Å². The third-order valence-electron chi connectivity index (χ3n) is 3.04. The van der Waals surface area contributed by atoms with Crippen LogP contribution in [0.1, 0.15) is 25.8 Å². The molecule has 1 saturated heterocycles. The van der Waals surface area contributed by atoms with Crippen molar-refractivity contribution in [2.45, 2.75) is 33.3 Å². The molecule has 1 N–H and O–H groups in total. The Labute approximate surface area is 117 Å². The number of benzene rings is 1. The minimum Gasteiger partial charge on any atom is -0.489 e. The summed E-state index contributed by atoms with van der Waals surface area (Å²) in [4.78, 5) is 13.4. The molecule has 1 atom stereocenters. The molecule has 1 aromatic carbocycles. The van der Waals surface area contributed by atoms with Gasteiger partial charge in [-0.25, -0.2) is 0 Å². The van der Waals surface area contributed by atoms with Crippen molar-refractivity contribution in [2.75, 3.05) is 10.7 Å². The van der Waals surface area contributed by atoms with Gasteiger partial charge in [0.25, 0.3) is 0 Å². The van der Waals surface area contributed by atoms with Crippen LogP contribution in [0.5, 0.6) is 5.75 Å². The van der Waals surface area contributed by atoms with E-state index >= 15 is 0 Å². The van der Waals surface area contributed by atoms with E-state index in [2.05, 4.69) is 6.92 Å². The largest absolute Gasteiger partial charge is 0.489 e. The Morgan fingerprint density at radius 3 is 2.84 bits per heavy atom. The number of carbonyl (C=O) groups is 1. The number of amides is 1. The van der Waals surface area contributed by atoms with Crippen LogP contribution >= 0.6 is 11.8 Å². The van der Waals surface area contributed by atoms with Gasteiger partial charge in [-0.05, 0) is 38.0 Å². The first-order valence-electron chi connectivity index (χ1n) is 6.34. The lowest BCUT2D eigenvalue weighted by molar-refractivity contribution is -0.115. The summed E-state index contributed by atoms with van der Waals surface area (Å²) in [5, 5.41) is 8.15. The van der Waals surface area contributed by atoms with E-state index in [4.69, 9.17) is 10.1 Å². The van der Waals surface area contributed by atoms with Crippen molar-refractivity contribution in [2.24, 2.45) is 0 Å². The van der Waals surface area contributed by atoms with Gasteiger partial charge in [-0.15, -0.1) is 0 Å². The number of rotatable bonds is 4. The smallest absolute Gasteiger partial charge is 0.243 e. The Bertz CT molecular complexity index is 500. The number of nitrogens with one attached hydrogen (secondary N) is 1. The minimum absolute atomic E-state index is 0.0606. The Morgan fingerprint density at radius 1 is 1.53 bits per heavy atom. The number of nitrogens with zero attached hydrogens (tertiary/aromatic N) is 1. The van der Waals surface area contributed by atoms with Crippen LogP contribution in [0.4, 0.5) is 5.69 Å². The van der Waals surface area contributed by atoms with Crippen molar-refractivity contribution < 1.29 is 9.53 Å². The number of ether oxygens (including phenoxy) is 1. The summed E-state index contributed by atoms with van der Waals surface area (Å²) < 4.78 is 5.86. The van der Waals surface area contributed by atoms with Gasteiger partial charge in [0.15, 0.2) is 5.17 Å². The molecule has 2 rings (SSSR count). The highest BCUT2D eigenvalue weighted by atomic mass is 32.2. The molecule has 0 aromatic heterocycles. The van der Waals surface area contributed by atoms with Gasteiger partial charge in [-0.1, -0.05) is 24.8 Å². The van der Waals surface area contributed by atoms with E-state index in [9.17, 15) is 4.79 Å². The monoisotopic (exact) mass is 278 g/mol. The van der Waals surface area contributed by atoms with E-state index in [1.165, 1.54) is 16.7 Å². The lowest BCUT2D eigenvalue weighted by Crippen LogP contribution is -2.29. The zero-order valence-electron chi connectivity index (χ0n) is 11.4. The van der Waals surface area contributed by atoms with Gasteiger partial charge in [0.2, 0.25) is 5.91 Å². The summed E-state index contributed by atoms with van der Waals surface area (Å²) in [5.74, 6) is 0.936. The fourth-order valence-corrected chi connectivity index (χ4v) is 2.54. The quantitative estimate of drug-likeness (QED) is 0.920. The Morgan fingerprint density at radius 2 is 2.26 bits per heavy atom. The molecule has 0 aliphatic carbocycles. The topological polar surface area (TPSA) is 53.4 Å². The number of thioether (sulfide) groups is 1. The van der Waals surface area contributed by atoms with Crippen LogP contribution in [0.15, 0.2) is 18.2 Å². The highest BCUT2D eigenvalue weighted by molar-refractivity contribution is 8.15. The minimum atomic E-state index is -0.0606. The van der Waals surface area contributed by atoms with Crippen molar-refractivity contribution in [3.63, 3.8) is 0 Å². The molecule has 5 heteroatoms. The SMILES string of the molecule is CCC(C)Oc1ccc(C)cc1N1C(=N)SCC1=O. The fourth-order valence-electron chi connectivity index (χ4n) is 1.82. The van der Waals surface area contributed by atoms with Crippen LogP contribution in [0, 0.1) is 12.3 Å². The molecule has 1 unspecified atom stereocenters. The molecule has 0 bridgehead atoms. The van der Waals surface area contributed by atoms with E-state index < -0.39 is 0 Å². The summed E-state index contributed by atoms with van der Waals surface area (Å²) in [7, 11) is 0. The van der Waals surface area contributed by atoms with Crippen LogP contribution in [-0.4, -0.2) is 22.9 Å². The zero-order valence-corrected chi connectivity index (χ0v) is 12.2. The second-order valence-corrected chi connectivity index (χ2v) is 5.59. The Kier molecular flexibility index (Phi) is 4.14. The maximum absolute atomic E-state index is 11.9. The normalized spacial score (nSPS) is 16.9. The molecular formula is C14H18N2O2S. The molecule has 1 aliphatic rings. The average Bonchev–Trinajstić information content (AvgIpc) is 2.71. The van der Waals surface area contributed by atoms with Crippen LogP contribution in [0.25, 0.3) is 0 Å². The lowest BCUT2D eigenvalue weighted by atomic mass is 10.2. The molecule has 4 nitrogen and oxygen atoms in total. The Balaban J connectivity index is 2.39. The van der Waals surface area contributed by atoms with Crippen LogP contribution in [0.3, 0.4) is 0 Å². The van der Waals surface area contributed by atoms with Crippen LogP contribution in [0.2, 0.25) is 0 Å². The predicted octanol–water partition coefficient (Wildman–Crippen LogP) is 3.19. The first kappa shape index (κ1) is 13.9. The summed E-state index contributed by atoms with van der Waals surface area (Å²) >= 11 is 1.25. The van der Waals surface area contributed by atoms with Gasteiger partial charge in [-0.2, -0.15) is 0 Å². The number of carbonyl (C=O) groups excluding carboxylic acids is 1. The second-order valence-electron chi connectivity index (χ2n) is 4.63. The van der Waals surface area contributed by atoms with Gasteiger partial charge in [0, 0.05) is 0 Å². The lowest BCUT2D eigenvalue weighted by Gasteiger charge is -2.22. The van der Waals surface area contributed by atoms with Gasteiger partial charge in [0.1, 0.15) is 5.75 Å². The Hall–Kier alpha value is -1.49. The molecule has 1 aromatic rings. The fraction of sp³-hybridized carbons (Fsp3) is 0.429. The first-order chi connectivity index (χ1) is 9.02. The molecule has 1 fully saturated rings. The summed E-state index contributed by atoms with van der Waals surface area (Å²) in [6, 6.07) is 5.73. The molecular weight excluding hydrogens is 260 g/mol. The van der Waals surface area contributed by atoms with E-state index in [0.717, 1.165) is 12.0 Å². The second kappa shape index (κ2) is 5.65. The third-order valence-corrected chi connectivity index (χ3v) is 3.89. The molecule has 1 amide bonds. The van der Waals surface area contributed by atoms with Crippen LogP contribution in [-0.2, 0) is 4.79 Å². The number of aryl methyl sites for hydroxylation is 1. The standard InChI is InChI=1S/C14H18N2O2S/c1-4-10(3)18-12-6-5-9(2)7-11(12)16-13(17)8-19-14(16)15/h5-7,10,15H,4,8H2,1-3H3. The maximum Gasteiger partial charge on any atom is 0.243 e. The molecule has 1 heterocycles. The van der Waals surface area contributed by atoms with Crippen molar-refractivity contribution in [1.29, 1.82) is 5.41 Å². The first-order valence-corrected chi connectivity index (χ1v) is 7.33. The van der Waals surface area contributed by atoms with Gasteiger partial charge < -0.3 is 4.74 Å². The molecule has 102 valence electrons. The number of anilines is 1. The highest BCUT2D eigenvalue weighted by Gasteiger charge is 2.30. The van der Waals surface area contributed by atoms with Crippen LogP contribution < -0.4 is 9.64 Å². The molecule has 0 spiro atoms. The predicted molar refractivity (Wildman–Crippen MR) is 79.2 cm³/mol. The molecule has 0 radical (unpaired) electrons. The molecule has 1 aliphatic heterocycles. The summed E-state index contributed by atoms with van der Waals surface area (Å²) in [6.45, 7) is 6.01. The zero-order chi connectivity index (χ0) is 14.0. The third kappa shape index (κ3) is 2.92. The van der Waals surface area contributed by atoms with E-state index in [1.54, 1.807) is 0 Å². The van der Waals surface area contributed by atoms with Crippen molar-refractivity contribution in [3.8, 4) is 5.75 Å². The highest BCUT2D eigenvalue weighted by Crippen LogP contribution is 2.35. The van der Waals surface area contributed by atoms with E-state index in [1.807, 2.05) is 32.0 Å².